The summed E-state index contributed by atoms with van der Waals surface area (Å²) in [4.78, 5) is 11.7. The Morgan fingerprint density at radius 2 is 2.10 bits per heavy atom. The highest BCUT2D eigenvalue weighted by atomic mass is 79.9. The Hall–Kier alpha value is -1.07. The van der Waals surface area contributed by atoms with Gasteiger partial charge in [0.2, 0.25) is 0 Å². The van der Waals surface area contributed by atoms with Crippen LogP contribution < -0.4 is 10.5 Å². The Balaban J connectivity index is 2.81. The Morgan fingerprint density at radius 1 is 1.43 bits per heavy atom. The number of carbonyl (C=O) groups is 1. The number of ether oxygens (including phenoxy) is 2. The van der Waals surface area contributed by atoms with Crippen LogP contribution in [0.2, 0.25) is 0 Å². The van der Waals surface area contributed by atoms with Crippen molar-refractivity contribution in [3.63, 3.8) is 0 Å². The van der Waals surface area contributed by atoms with Crippen molar-refractivity contribution in [2.45, 2.75) is 39.7 Å². The number of carbonyl (C=O) groups excluding carboxylic acids is 1. The first-order valence-electron chi connectivity index (χ1n) is 7.08. The normalized spacial score (nSPS) is 12.9. The highest BCUT2D eigenvalue weighted by molar-refractivity contribution is 9.10. The van der Waals surface area contributed by atoms with E-state index in [0.29, 0.717) is 13.0 Å². The second kappa shape index (κ2) is 7.80. The van der Waals surface area contributed by atoms with Gasteiger partial charge in [-0.2, -0.15) is 0 Å². The summed E-state index contributed by atoms with van der Waals surface area (Å²) in [5.41, 5.74) is 6.57. The number of methoxy groups -OCH3 is 1. The molecule has 0 aliphatic heterocycles. The summed E-state index contributed by atoms with van der Waals surface area (Å²) in [5.74, 6) is 0.556. The van der Waals surface area contributed by atoms with E-state index in [0.717, 1.165) is 22.2 Å². The van der Waals surface area contributed by atoms with Crippen molar-refractivity contribution >= 4 is 21.9 Å². The van der Waals surface area contributed by atoms with Crippen LogP contribution >= 0.6 is 15.9 Å². The minimum Gasteiger partial charge on any atom is -0.492 e. The molecular weight excluding hydrogens is 334 g/mol. The quantitative estimate of drug-likeness (QED) is 0.753. The van der Waals surface area contributed by atoms with E-state index >= 15 is 0 Å². The number of hydrogen-bond acceptors (Lipinski definition) is 4. The monoisotopic (exact) mass is 357 g/mol. The van der Waals surface area contributed by atoms with Crippen molar-refractivity contribution in [3.05, 3.63) is 28.2 Å². The maximum atomic E-state index is 11.7. The molecular formula is C16H24BrNO3. The van der Waals surface area contributed by atoms with Gasteiger partial charge in [-0.25, -0.2) is 0 Å². The first kappa shape index (κ1) is 18.0. The predicted octanol–water partition coefficient (Wildman–Crippen LogP) is 3.83. The van der Waals surface area contributed by atoms with Crippen molar-refractivity contribution in [3.8, 4) is 5.75 Å². The minimum atomic E-state index is -0.613. The molecule has 0 heterocycles. The van der Waals surface area contributed by atoms with Gasteiger partial charge in [-0.1, -0.05) is 13.0 Å². The standard InChI is InChI=1S/C16H24BrNO3/c1-5-8-21-14-7-6-11(9-12(14)17)13(18)10-16(2,3)15(19)20-4/h6-7,9,13H,5,8,10,18H2,1-4H3. The lowest BCUT2D eigenvalue weighted by Crippen LogP contribution is -2.30. The largest absolute Gasteiger partial charge is 0.492 e. The molecule has 0 fully saturated rings. The molecule has 5 heteroatoms. The second-order valence-corrected chi connectivity index (χ2v) is 6.58. The fourth-order valence-corrected chi connectivity index (χ4v) is 2.62. The molecule has 1 rings (SSSR count). The van der Waals surface area contributed by atoms with Crippen LogP contribution in [0.15, 0.2) is 22.7 Å². The molecule has 0 bridgehead atoms. The van der Waals surface area contributed by atoms with E-state index in [1.54, 1.807) is 0 Å². The van der Waals surface area contributed by atoms with Crippen LogP contribution in [-0.2, 0) is 9.53 Å². The van der Waals surface area contributed by atoms with Gasteiger partial charge in [-0.05, 0) is 60.3 Å². The summed E-state index contributed by atoms with van der Waals surface area (Å²) in [5, 5.41) is 0. The molecule has 2 N–H and O–H groups in total. The van der Waals surface area contributed by atoms with Crippen LogP contribution in [-0.4, -0.2) is 19.7 Å². The zero-order chi connectivity index (χ0) is 16.0. The zero-order valence-electron chi connectivity index (χ0n) is 13.1. The molecule has 0 amide bonds. The average Bonchev–Trinajstić information content (AvgIpc) is 2.44. The third-order valence-electron chi connectivity index (χ3n) is 3.31. The molecule has 4 nitrogen and oxygen atoms in total. The van der Waals surface area contributed by atoms with E-state index in [4.69, 9.17) is 15.2 Å². The van der Waals surface area contributed by atoms with Crippen LogP contribution in [0.4, 0.5) is 0 Å². The number of halogens is 1. The fraction of sp³-hybridized carbons (Fsp3) is 0.562. The van der Waals surface area contributed by atoms with Crippen LogP contribution in [0.5, 0.6) is 5.75 Å². The lowest BCUT2D eigenvalue weighted by molar-refractivity contribution is -0.151. The van der Waals surface area contributed by atoms with Gasteiger partial charge in [0.15, 0.2) is 0 Å². The van der Waals surface area contributed by atoms with Gasteiger partial charge in [0.25, 0.3) is 0 Å². The lowest BCUT2D eigenvalue weighted by atomic mass is 9.84. The summed E-state index contributed by atoms with van der Waals surface area (Å²) in [6.07, 6.45) is 1.47. The summed E-state index contributed by atoms with van der Waals surface area (Å²) in [6, 6.07) is 5.55. The van der Waals surface area contributed by atoms with Crippen LogP contribution in [0, 0.1) is 5.41 Å². The highest BCUT2D eigenvalue weighted by Gasteiger charge is 2.31. The fourth-order valence-electron chi connectivity index (χ4n) is 2.10. The number of hydrogen-bond donors (Lipinski definition) is 1. The summed E-state index contributed by atoms with van der Waals surface area (Å²) >= 11 is 3.50. The summed E-state index contributed by atoms with van der Waals surface area (Å²) in [7, 11) is 1.39. The molecule has 0 aromatic heterocycles. The number of esters is 1. The molecule has 0 saturated heterocycles. The van der Waals surface area contributed by atoms with Crippen LogP contribution in [0.1, 0.15) is 45.2 Å². The van der Waals surface area contributed by atoms with Gasteiger partial charge in [0.05, 0.1) is 23.6 Å². The van der Waals surface area contributed by atoms with E-state index < -0.39 is 5.41 Å². The molecule has 21 heavy (non-hydrogen) atoms. The number of nitrogens with two attached hydrogens (primary N) is 1. The second-order valence-electron chi connectivity index (χ2n) is 5.72. The SMILES string of the molecule is CCCOc1ccc(C(N)CC(C)(C)C(=O)OC)cc1Br. The Kier molecular flexibility index (Phi) is 6.68. The third kappa shape index (κ3) is 5.00. The maximum absolute atomic E-state index is 11.7. The van der Waals surface area contributed by atoms with Crippen LogP contribution in [0.3, 0.4) is 0 Å². The molecule has 0 saturated carbocycles. The first-order valence-corrected chi connectivity index (χ1v) is 7.87. The van der Waals surface area contributed by atoms with E-state index in [1.807, 2.05) is 32.0 Å². The van der Waals surface area contributed by atoms with Gasteiger partial charge >= 0.3 is 5.97 Å². The van der Waals surface area contributed by atoms with Gasteiger partial charge in [0.1, 0.15) is 5.75 Å². The molecule has 1 unspecified atom stereocenters. The molecule has 1 aromatic rings. The number of benzene rings is 1. The molecule has 1 aromatic carbocycles. The van der Waals surface area contributed by atoms with E-state index in [9.17, 15) is 4.79 Å². The van der Waals surface area contributed by atoms with Crippen molar-refractivity contribution in [2.75, 3.05) is 13.7 Å². The first-order chi connectivity index (χ1) is 9.81. The number of rotatable bonds is 7. The molecule has 1 atom stereocenters. The summed E-state index contributed by atoms with van der Waals surface area (Å²) < 4.78 is 11.3. The van der Waals surface area contributed by atoms with Crippen molar-refractivity contribution in [1.82, 2.24) is 0 Å². The Labute approximate surface area is 135 Å². The van der Waals surface area contributed by atoms with Gasteiger partial charge in [0, 0.05) is 6.04 Å². The van der Waals surface area contributed by atoms with Gasteiger partial charge < -0.3 is 15.2 Å². The van der Waals surface area contributed by atoms with E-state index in [2.05, 4.69) is 22.9 Å². The smallest absolute Gasteiger partial charge is 0.311 e. The van der Waals surface area contributed by atoms with Gasteiger partial charge in [-0.3, -0.25) is 4.79 Å². The Bertz CT molecular complexity index is 488. The minimum absolute atomic E-state index is 0.240. The topological polar surface area (TPSA) is 61.5 Å². The predicted molar refractivity (Wildman–Crippen MR) is 87.3 cm³/mol. The Morgan fingerprint density at radius 3 is 2.62 bits per heavy atom. The highest BCUT2D eigenvalue weighted by Crippen LogP contribution is 2.33. The lowest BCUT2D eigenvalue weighted by Gasteiger charge is -2.25. The van der Waals surface area contributed by atoms with Crippen molar-refractivity contribution in [2.24, 2.45) is 11.1 Å². The van der Waals surface area contributed by atoms with Crippen LogP contribution in [0.25, 0.3) is 0 Å². The van der Waals surface area contributed by atoms with E-state index in [-0.39, 0.29) is 12.0 Å². The molecule has 0 radical (unpaired) electrons. The summed E-state index contributed by atoms with van der Waals surface area (Å²) in [6.45, 7) is 6.42. The molecule has 0 spiro atoms. The van der Waals surface area contributed by atoms with E-state index in [1.165, 1.54) is 7.11 Å². The third-order valence-corrected chi connectivity index (χ3v) is 3.93. The van der Waals surface area contributed by atoms with Gasteiger partial charge in [-0.15, -0.1) is 0 Å². The van der Waals surface area contributed by atoms with Crippen molar-refractivity contribution < 1.29 is 14.3 Å². The molecule has 118 valence electrons. The molecule has 0 aliphatic rings. The molecule has 0 aliphatic carbocycles. The zero-order valence-corrected chi connectivity index (χ0v) is 14.7. The van der Waals surface area contributed by atoms with Crippen molar-refractivity contribution in [1.29, 1.82) is 0 Å². The average molecular weight is 358 g/mol. The maximum Gasteiger partial charge on any atom is 0.311 e.